The summed E-state index contributed by atoms with van der Waals surface area (Å²) < 4.78 is 10.4. The Hall–Kier alpha value is -1.42. The van der Waals surface area contributed by atoms with Gasteiger partial charge in [0, 0.05) is 14.2 Å². The Morgan fingerprint density at radius 2 is 1.67 bits per heavy atom. The van der Waals surface area contributed by atoms with Gasteiger partial charge in [-0.15, -0.1) is 0 Å². The van der Waals surface area contributed by atoms with Crippen molar-refractivity contribution < 1.29 is 9.47 Å². The molecular weight excluding hydrogens is 226 g/mol. The number of benzene rings is 2. The summed E-state index contributed by atoms with van der Waals surface area (Å²) in [6.45, 7) is 0. The van der Waals surface area contributed by atoms with E-state index in [-0.39, 0.29) is 12.3 Å². The van der Waals surface area contributed by atoms with Crippen LogP contribution in [0.3, 0.4) is 0 Å². The Balaban J connectivity index is 2.26. The number of methoxy groups -OCH3 is 2. The van der Waals surface area contributed by atoms with E-state index in [4.69, 9.17) is 15.2 Å². The minimum Gasteiger partial charge on any atom is -0.354 e. The smallest absolute Gasteiger partial charge is 0.172 e. The topological polar surface area (TPSA) is 44.5 Å². The van der Waals surface area contributed by atoms with E-state index in [9.17, 15) is 0 Å². The molecule has 0 aliphatic carbocycles. The zero-order valence-electron chi connectivity index (χ0n) is 10.8. The summed E-state index contributed by atoms with van der Waals surface area (Å²) in [6, 6.07) is 14.4. The molecule has 0 bridgehead atoms. The molecule has 0 aliphatic rings. The fraction of sp³-hybridized carbons (Fsp3) is 0.333. The highest BCUT2D eigenvalue weighted by Gasteiger charge is 2.17. The van der Waals surface area contributed by atoms with E-state index >= 15 is 0 Å². The Morgan fingerprint density at radius 3 is 2.39 bits per heavy atom. The van der Waals surface area contributed by atoms with Crippen molar-refractivity contribution in [2.24, 2.45) is 5.73 Å². The average molecular weight is 245 g/mol. The van der Waals surface area contributed by atoms with E-state index in [1.165, 1.54) is 16.3 Å². The number of fused-ring (bicyclic) bond motifs is 1. The molecule has 0 spiro atoms. The van der Waals surface area contributed by atoms with Gasteiger partial charge in [-0.25, -0.2) is 0 Å². The molecule has 2 aromatic carbocycles. The van der Waals surface area contributed by atoms with Gasteiger partial charge in [-0.05, 0) is 22.8 Å². The number of hydrogen-bond donors (Lipinski definition) is 1. The average Bonchev–Trinajstić information content (AvgIpc) is 2.40. The monoisotopic (exact) mass is 245 g/mol. The molecule has 2 rings (SSSR count). The molecule has 3 heteroatoms. The first-order valence-corrected chi connectivity index (χ1v) is 6.04. The van der Waals surface area contributed by atoms with Gasteiger partial charge < -0.3 is 15.2 Å². The summed E-state index contributed by atoms with van der Waals surface area (Å²) in [5, 5.41) is 2.47. The van der Waals surface area contributed by atoms with Crippen LogP contribution in [-0.2, 0) is 15.9 Å². The highest BCUT2D eigenvalue weighted by atomic mass is 16.7. The van der Waals surface area contributed by atoms with Crippen LogP contribution in [0.5, 0.6) is 0 Å². The van der Waals surface area contributed by atoms with E-state index in [1.807, 2.05) is 12.1 Å². The number of hydrogen-bond acceptors (Lipinski definition) is 3. The van der Waals surface area contributed by atoms with Crippen LogP contribution in [0.1, 0.15) is 5.56 Å². The molecule has 0 saturated heterocycles. The first kappa shape index (κ1) is 13.0. The van der Waals surface area contributed by atoms with Gasteiger partial charge in [0.25, 0.3) is 0 Å². The van der Waals surface area contributed by atoms with Gasteiger partial charge in [0.1, 0.15) is 0 Å². The summed E-state index contributed by atoms with van der Waals surface area (Å²) >= 11 is 0. The van der Waals surface area contributed by atoms with Crippen LogP contribution in [0.2, 0.25) is 0 Å². The zero-order chi connectivity index (χ0) is 13.0. The fourth-order valence-corrected chi connectivity index (χ4v) is 2.27. The largest absolute Gasteiger partial charge is 0.354 e. The van der Waals surface area contributed by atoms with Gasteiger partial charge in [-0.3, -0.25) is 0 Å². The van der Waals surface area contributed by atoms with Gasteiger partial charge in [-0.1, -0.05) is 42.5 Å². The SMILES string of the molecule is COC(OC)C(N)Cc1cccc2ccccc12. The molecular formula is C15H19NO2. The van der Waals surface area contributed by atoms with Crippen molar-refractivity contribution in [3.63, 3.8) is 0 Å². The quantitative estimate of drug-likeness (QED) is 0.822. The first-order valence-electron chi connectivity index (χ1n) is 6.04. The summed E-state index contributed by atoms with van der Waals surface area (Å²) in [4.78, 5) is 0. The lowest BCUT2D eigenvalue weighted by molar-refractivity contribution is -0.115. The molecule has 2 N–H and O–H groups in total. The highest BCUT2D eigenvalue weighted by Crippen LogP contribution is 2.20. The molecule has 3 nitrogen and oxygen atoms in total. The predicted molar refractivity (Wildman–Crippen MR) is 73.4 cm³/mol. The number of nitrogens with two attached hydrogens (primary N) is 1. The lowest BCUT2D eigenvalue weighted by atomic mass is 9.99. The van der Waals surface area contributed by atoms with Crippen LogP contribution in [0.4, 0.5) is 0 Å². The van der Waals surface area contributed by atoms with Gasteiger partial charge >= 0.3 is 0 Å². The van der Waals surface area contributed by atoms with Crippen LogP contribution in [-0.4, -0.2) is 26.6 Å². The van der Waals surface area contributed by atoms with Crippen LogP contribution in [0, 0.1) is 0 Å². The Kier molecular flexibility index (Phi) is 4.31. The summed E-state index contributed by atoms with van der Waals surface area (Å²) in [5.74, 6) is 0. The second kappa shape index (κ2) is 5.96. The second-order valence-electron chi connectivity index (χ2n) is 4.35. The molecule has 2 aromatic rings. The fourth-order valence-electron chi connectivity index (χ4n) is 2.27. The third kappa shape index (κ3) is 2.70. The minimum atomic E-state index is -0.371. The van der Waals surface area contributed by atoms with Gasteiger partial charge in [0.05, 0.1) is 6.04 Å². The molecule has 0 aliphatic heterocycles. The highest BCUT2D eigenvalue weighted by molar-refractivity contribution is 5.85. The molecule has 0 amide bonds. The van der Waals surface area contributed by atoms with E-state index in [1.54, 1.807) is 14.2 Å². The molecule has 1 unspecified atom stereocenters. The third-order valence-corrected chi connectivity index (χ3v) is 3.15. The lowest BCUT2D eigenvalue weighted by Crippen LogP contribution is -2.39. The van der Waals surface area contributed by atoms with Crippen LogP contribution in [0.25, 0.3) is 10.8 Å². The van der Waals surface area contributed by atoms with Gasteiger partial charge in [0.2, 0.25) is 0 Å². The zero-order valence-corrected chi connectivity index (χ0v) is 10.8. The van der Waals surface area contributed by atoms with E-state index < -0.39 is 0 Å². The van der Waals surface area contributed by atoms with Crippen molar-refractivity contribution in [2.75, 3.05) is 14.2 Å². The van der Waals surface area contributed by atoms with Gasteiger partial charge in [0.15, 0.2) is 6.29 Å². The Bertz CT molecular complexity index is 503. The molecule has 18 heavy (non-hydrogen) atoms. The van der Waals surface area contributed by atoms with E-state index in [2.05, 4.69) is 30.3 Å². The van der Waals surface area contributed by atoms with E-state index in [0.717, 1.165) is 6.42 Å². The molecule has 0 saturated carbocycles. The van der Waals surface area contributed by atoms with Crippen molar-refractivity contribution in [2.45, 2.75) is 18.8 Å². The van der Waals surface area contributed by atoms with Crippen molar-refractivity contribution in [3.8, 4) is 0 Å². The van der Waals surface area contributed by atoms with Crippen molar-refractivity contribution in [1.82, 2.24) is 0 Å². The maximum atomic E-state index is 6.11. The van der Waals surface area contributed by atoms with Crippen molar-refractivity contribution in [1.29, 1.82) is 0 Å². The minimum absolute atomic E-state index is 0.175. The third-order valence-electron chi connectivity index (χ3n) is 3.15. The standard InChI is InChI=1S/C15H19NO2/c1-17-15(18-2)14(16)10-12-8-5-7-11-6-3-4-9-13(11)12/h3-9,14-15H,10,16H2,1-2H3. The predicted octanol–water partition coefficient (Wildman–Crippen LogP) is 2.33. The summed E-state index contributed by atoms with van der Waals surface area (Å²) in [5.41, 5.74) is 7.33. The molecule has 1 atom stereocenters. The molecule has 0 fully saturated rings. The maximum absolute atomic E-state index is 6.11. The first-order chi connectivity index (χ1) is 8.76. The number of rotatable bonds is 5. The van der Waals surface area contributed by atoms with Crippen molar-refractivity contribution >= 4 is 10.8 Å². The molecule has 0 heterocycles. The summed E-state index contributed by atoms with van der Waals surface area (Å²) in [7, 11) is 3.22. The molecule has 0 aromatic heterocycles. The van der Waals surface area contributed by atoms with Crippen molar-refractivity contribution in [3.05, 3.63) is 48.0 Å². The normalized spacial score (nSPS) is 13.1. The van der Waals surface area contributed by atoms with Crippen LogP contribution >= 0.6 is 0 Å². The van der Waals surface area contributed by atoms with E-state index in [0.29, 0.717) is 0 Å². The van der Waals surface area contributed by atoms with Crippen LogP contribution in [0.15, 0.2) is 42.5 Å². The second-order valence-corrected chi connectivity index (χ2v) is 4.35. The lowest BCUT2D eigenvalue weighted by Gasteiger charge is -2.21. The maximum Gasteiger partial charge on any atom is 0.172 e. The van der Waals surface area contributed by atoms with Gasteiger partial charge in [-0.2, -0.15) is 0 Å². The molecule has 0 radical (unpaired) electrons. The number of ether oxygens (including phenoxy) is 2. The Morgan fingerprint density at radius 1 is 1.00 bits per heavy atom. The van der Waals surface area contributed by atoms with Crippen LogP contribution < -0.4 is 5.73 Å². The summed E-state index contributed by atoms with van der Waals surface area (Å²) in [6.07, 6.45) is 0.359. The Labute approximate surface area is 108 Å². The molecule has 96 valence electrons.